The Bertz CT molecular complexity index is 1110. The van der Waals surface area contributed by atoms with Crippen LogP contribution in [-0.2, 0) is 11.3 Å². The van der Waals surface area contributed by atoms with Gasteiger partial charge in [-0.05, 0) is 61.5 Å². The standard InChI is InChI=1S/C21H21FN4O2S2/c1-2-28-14-8-6-13(7-9-14)20-24-25-21(29)26(20)12-18(27)23-17-10-11-30-19-15(17)4-3-5-16(19)22/h3-9,17H,2,10-12H2,1H3,(H,23,27)(H,25,29). The molecule has 2 N–H and O–H groups in total. The predicted molar refractivity (Wildman–Crippen MR) is 117 cm³/mol. The van der Waals surface area contributed by atoms with Gasteiger partial charge in [-0.3, -0.25) is 14.5 Å². The summed E-state index contributed by atoms with van der Waals surface area (Å²) in [5.41, 5.74) is 1.64. The lowest BCUT2D eigenvalue weighted by Gasteiger charge is -2.26. The molecule has 1 aromatic heterocycles. The van der Waals surface area contributed by atoms with E-state index in [4.69, 9.17) is 17.0 Å². The van der Waals surface area contributed by atoms with Gasteiger partial charge in [0.05, 0.1) is 12.6 Å². The van der Waals surface area contributed by atoms with Crippen molar-refractivity contribution in [3.05, 3.63) is 58.6 Å². The minimum absolute atomic E-state index is 0.0200. The fraction of sp³-hybridized carbons (Fsp3) is 0.286. The van der Waals surface area contributed by atoms with E-state index in [1.54, 1.807) is 10.6 Å². The van der Waals surface area contributed by atoms with Crippen molar-refractivity contribution in [1.82, 2.24) is 20.1 Å². The maximum absolute atomic E-state index is 14.1. The normalized spacial score (nSPS) is 15.5. The van der Waals surface area contributed by atoms with Crippen LogP contribution in [-0.4, -0.2) is 33.0 Å². The van der Waals surface area contributed by atoms with E-state index >= 15 is 0 Å². The van der Waals surface area contributed by atoms with Gasteiger partial charge in [-0.2, -0.15) is 5.10 Å². The number of thioether (sulfide) groups is 1. The summed E-state index contributed by atoms with van der Waals surface area (Å²) in [6.07, 6.45) is 0.745. The molecule has 1 amide bonds. The molecule has 1 aliphatic rings. The fourth-order valence-corrected chi connectivity index (χ4v) is 4.81. The number of carbonyl (C=O) groups excluding carboxylic acids is 1. The first-order chi connectivity index (χ1) is 14.6. The first kappa shape index (κ1) is 20.6. The Labute approximate surface area is 182 Å². The van der Waals surface area contributed by atoms with Crippen molar-refractivity contribution < 1.29 is 13.9 Å². The molecule has 2 aromatic carbocycles. The maximum Gasteiger partial charge on any atom is 0.240 e. The highest BCUT2D eigenvalue weighted by Gasteiger charge is 2.25. The maximum atomic E-state index is 14.1. The van der Waals surface area contributed by atoms with Gasteiger partial charge in [0.1, 0.15) is 18.1 Å². The van der Waals surface area contributed by atoms with E-state index in [-0.39, 0.29) is 24.3 Å². The lowest BCUT2D eigenvalue weighted by molar-refractivity contribution is -0.122. The molecule has 4 rings (SSSR count). The van der Waals surface area contributed by atoms with Gasteiger partial charge < -0.3 is 10.1 Å². The van der Waals surface area contributed by atoms with E-state index in [0.717, 1.165) is 29.1 Å². The summed E-state index contributed by atoms with van der Waals surface area (Å²) < 4.78 is 21.6. The van der Waals surface area contributed by atoms with Crippen LogP contribution in [0.2, 0.25) is 0 Å². The molecule has 156 valence electrons. The van der Waals surface area contributed by atoms with E-state index < -0.39 is 0 Å². The number of aromatic nitrogens is 3. The average molecular weight is 445 g/mol. The summed E-state index contributed by atoms with van der Waals surface area (Å²) >= 11 is 6.82. The van der Waals surface area contributed by atoms with E-state index in [1.807, 2.05) is 37.3 Å². The van der Waals surface area contributed by atoms with Crippen molar-refractivity contribution in [3.8, 4) is 17.1 Å². The number of hydrogen-bond donors (Lipinski definition) is 2. The number of H-pyrrole nitrogens is 1. The van der Waals surface area contributed by atoms with Crippen molar-refractivity contribution in [2.45, 2.75) is 30.8 Å². The third kappa shape index (κ3) is 4.27. The van der Waals surface area contributed by atoms with Gasteiger partial charge in [0.25, 0.3) is 0 Å². The monoisotopic (exact) mass is 444 g/mol. The zero-order valence-electron chi connectivity index (χ0n) is 16.4. The number of fused-ring (bicyclic) bond motifs is 1. The Morgan fingerprint density at radius 2 is 2.17 bits per heavy atom. The van der Waals surface area contributed by atoms with E-state index in [1.165, 1.54) is 17.8 Å². The SMILES string of the molecule is CCOc1ccc(-c2n[nH]c(=S)n2CC(=O)NC2CCSc3c(F)cccc32)cc1. The average Bonchev–Trinajstić information content (AvgIpc) is 3.10. The molecule has 30 heavy (non-hydrogen) atoms. The quantitative estimate of drug-likeness (QED) is 0.548. The van der Waals surface area contributed by atoms with E-state index in [2.05, 4.69) is 15.5 Å². The highest BCUT2D eigenvalue weighted by molar-refractivity contribution is 7.99. The Balaban J connectivity index is 1.52. The minimum Gasteiger partial charge on any atom is -0.494 e. The van der Waals surface area contributed by atoms with Crippen LogP contribution in [0.3, 0.4) is 0 Å². The topological polar surface area (TPSA) is 71.9 Å². The molecule has 0 fully saturated rings. The van der Waals surface area contributed by atoms with Crippen molar-refractivity contribution in [1.29, 1.82) is 0 Å². The zero-order chi connectivity index (χ0) is 21.1. The number of nitrogens with one attached hydrogen (secondary N) is 2. The van der Waals surface area contributed by atoms with Gasteiger partial charge in [-0.1, -0.05) is 12.1 Å². The molecule has 0 radical (unpaired) electrons. The molecular formula is C21H21FN4O2S2. The van der Waals surface area contributed by atoms with Crippen LogP contribution in [0.15, 0.2) is 47.4 Å². The number of halogens is 1. The summed E-state index contributed by atoms with van der Waals surface area (Å²) in [6.45, 7) is 2.53. The molecule has 1 aliphatic heterocycles. The molecule has 0 saturated carbocycles. The number of amides is 1. The molecule has 0 saturated heterocycles. The van der Waals surface area contributed by atoms with Crippen molar-refractivity contribution in [2.75, 3.05) is 12.4 Å². The second-order valence-electron chi connectivity index (χ2n) is 6.81. The molecule has 1 atom stereocenters. The number of benzene rings is 2. The zero-order valence-corrected chi connectivity index (χ0v) is 18.0. The number of nitrogens with zero attached hydrogens (tertiary/aromatic N) is 2. The van der Waals surface area contributed by atoms with Crippen LogP contribution in [0.1, 0.15) is 24.9 Å². The Morgan fingerprint density at radius 3 is 2.93 bits per heavy atom. The largest absolute Gasteiger partial charge is 0.494 e. The Morgan fingerprint density at radius 1 is 1.37 bits per heavy atom. The second kappa shape index (κ2) is 9.01. The molecule has 0 spiro atoms. The molecule has 0 aliphatic carbocycles. The highest BCUT2D eigenvalue weighted by Crippen LogP contribution is 2.37. The van der Waals surface area contributed by atoms with Crippen LogP contribution >= 0.6 is 24.0 Å². The van der Waals surface area contributed by atoms with Gasteiger partial charge in [0.15, 0.2) is 10.6 Å². The van der Waals surface area contributed by atoms with Gasteiger partial charge in [0, 0.05) is 16.2 Å². The van der Waals surface area contributed by atoms with Crippen LogP contribution in [0.5, 0.6) is 5.75 Å². The third-order valence-corrected chi connectivity index (χ3v) is 6.32. The summed E-state index contributed by atoms with van der Waals surface area (Å²) in [6, 6.07) is 12.2. The molecule has 2 heterocycles. The first-order valence-electron chi connectivity index (χ1n) is 9.66. The third-order valence-electron chi connectivity index (χ3n) is 4.84. The number of hydrogen-bond acceptors (Lipinski definition) is 5. The Hall–Kier alpha value is -2.65. The number of ether oxygens (including phenoxy) is 1. The lowest BCUT2D eigenvalue weighted by Crippen LogP contribution is -2.33. The minimum atomic E-state index is -0.244. The number of rotatable bonds is 6. The molecule has 0 bridgehead atoms. The van der Waals surface area contributed by atoms with Gasteiger partial charge >= 0.3 is 0 Å². The Kier molecular flexibility index (Phi) is 6.19. The molecular weight excluding hydrogens is 423 g/mol. The summed E-state index contributed by atoms with van der Waals surface area (Å²) in [5.74, 6) is 1.64. The first-order valence-corrected chi connectivity index (χ1v) is 11.0. The van der Waals surface area contributed by atoms with Crippen LogP contribution in [0, 0.1) is 10.6 Å². The summed E-state index contributed by atoms with van der Waals surface area (Å²) in [5, 5.41) is 10.1. The lowest BCUT2D eigenvalue weighted by atomic mass is 10.0. The van der Waals surface area contributed by atoms with Crippen LogP contribution in [0.4, 0.5) is 4.39 Å². The van der Waals surface area contributed by atoms with Crippen molar-refractivity contribution in [3.63, 3.8) is 0 Å². The van der Waals surface area contributed by atoms with Gasteiger partial charge in [0.2, 0.25) is 5.91 Å². The number of aromatic amines is 1. The van der Waals surface area contributed by atoms with Crippen LogP contribution in [0.25, 0.3) is 11.4 Å². The molecule has 3 aromatic rings. The van der Waals surface area contributed by atoms with Gasteiger partial charge in [-0.15, -0.1) is 11.8 Å². The van der Waals surface area contributed by atoms with Crippen molar-refractivity contribution in [2.24, 2.45) is 0 Å². The fourth-order valence-electron chi connectivity index (χ4n) is 3.47. The predicted octanol–water partition coefficient (Wildman–Crippen LogP) is 4.50. The summed E-state index contributed by atoms with van der Waals surface area (Å²) in [4.78, 5) is 13.4. The highest BCUT2D eigenvalue weighted by atomic mass is 32.2. The smallest absolute Gasteiger partial charge is 0.240 e. The number of carbonyl (C=O) groups is 1. The summed E-state index contributed by atoms with van der Waals surface area (Å²) in [7, 11) is 0. The molecule has 6 nitrogen and oxygen atoms in total. The second-order valence-corrected chi connectivity index (χ2v) is 8.30. The van der Waals surface area contributed by atoms with Crippen molar-refractivity contribution >= 4 is 29.9 Å². The van der Waals surface area contributed by atoms with E-state index in [0.29, 0.717) is 22.1 Å². The molecule has 1 unspecified atom stereocenters. The van der Waals surface area contributed by atoms with E-state index in [9.17, 15) is 9.18 Å². The van der Waals surface area contributed by atoms with Gasteiger partial charge in [-0.25, -0.2) is 4.39 Å². The molecule has 9 heteroatoms. The van der Waals surface area contributed by atoms with Crippen LogP contribution < -0.4 is 10.1 Å².